The van der Waals surface area contributed by atoms with Crippen LogP contribution in [-0.2, 0) is 9.53 Å². The lowest BCUT2D eigenvalue weighted by Crippen LogP contribution is -2.46. The number of amides is 3. The number of thiazole rings is 1. The molecule has 144 valence electrons. The van der Waals surface area contributed by atoms with E-state index in [4.69, 9.17) is 4.74 Å². The van der Waals surface area contributed by atoms with Gasteiger partial charge in [-0.25, -0.2) is 4.98 Å². The predicted octanol–water partition coefficient (Wildman–Crippen LogP) is 0.541. The van der Waals surface area contributed by atoms with Gasteiger partial charge in [0.1, 0.15) is 5.69 Å². The van der Waals surface area contributed by atoms with E-state index in [-0.39, 0.29) is 18.1 Å². The SMILES string of the molecule is Cc1ccc(C(=O)NCC(=O)NNC(=O)c2csc(N3CCOCC3)n2)s1. The number of aromatic nitrogens is 1. The van der Waals surface area contributed by atoms with Crippen molar-refractivity contribution in [2.24, 2.45) is 0 Å². The molecule has 3 heterocycles. The smallest absolute Gasteiger partial charge is 0.289 e. The number of ether oxygens (including phenoxy) is 1. The molecule has 0 saturated carbocycles. The van der Waals surface area contributed by atoms with Crippen LogP contribution in [0.3, 0.4) is 0 Å². The van der Waals surface area contributed by atoms with Crippen molar-refractivity contribution < 1.29 is 19.1 Å². The highest BCUT2D eigenvalue weighted by atomic mass is 32.1. The van der Waals surface area contributed by atoms with Crippen molar-refractivity contribution in [3.05, 3.63) is 33.0 Å². The largest absolute Gasteiger partial charge is 0.378 e. The minimum atomic E-state index is -0.534. The standard InChI is InChI=1S/C16H19N5O4S2/c1-10-2-3-12(27-10)15(24)17-8-13(22)19-20-14(23)11-9-26-16(18-11)21-4-6-25-7-5-21/h2-3,9H,4-8H2,1H3,(H,17,24)(H,19,22)(H,20,23). The number of carbonyl (C=O) groups is 3. The molecule has 0 unspecified atom stereocenters. The first-order chi connectivity index (χ1) is 13.0. The number of hydrogen-bond donors (Lipinski definition) is 3. The lowest BCUT2D eigenvalue weighted by Gasteiger charge is -2.25. The summed E-state index contributed by atoms with van der Waals surface area (Å²) in [5.41, 5.74) is 4.78. The molecule has 1 aliphatic heterocycles. The normalized spacial score (nSPS) is 13.9. The van der Waals surface area contributed by atoms with Crippen molar-refractivity contribution in [3.63, 3.8) is 0 Å². The Bertz CT molecular complexity index is 828. The van der Waals surface area contributed by atoms with Crippen molar-refractivity contribution in [1.82, 2.24) is 21.2 Å². The third kappa shape index (κ3) is 5.25. The van der Waals surface area contributed by atoms with Crippen molar-refractivity contribution in [2.75, 3.05) is 37.7 Å². The molecule has 1 saturated heterocycles. The molecule has 2 aromatic rings. The van der Waals surface area contributed by atoms with Gasteiger partial charge in [0, 0.05) is 23.3 Å². The van der Waals surface area contributed by atoms with Gasteiger partial charge in [0.15, 0.2) is 5.13 Å². The molecule has 0 bridgehead atoms. The zero-order valence-corrected chi connectivity index (χ0v) is 16.2. The Hall–Kier alpha value is -2.50. The molecule has 0 spiro atoms. The number of thiophene rings is 1. The third-order valence-electron chi connectivity index (χ3n) is 3.70. The summed E-state index contributed by atoms with van der Waals surface area (Å²) in [6.07, 6.45) is 0. The number of nitrogens with zero attached hydrogens (tertiary/aromatic N) is 2. The molecule has 1 fully saturated rings. The fourth-order valence-electron chi connectivity index (χ4n) is 2.31. The summed E-state index contributed by atoms with van der Waals surface area (Å²) in [4.78, 5) is 43.7. The van der Waals surface area contributed by atoms with Crippen LogP contribution < -0.4 is 21.1 Å². The highest BCUT2D eigenvalue weighted by molar-refractivity contribution is 7.14. The molecule has 0 aliphatic carbocycles. The maximum absolute atomic E-state index is 12.1. The van der Waals surface area contributed by atoms with Crippen LogP contribution in [0.5, 0.6) is 0 Å². The first-order valence-electron chi connectivity index (χ1n) is 8.25. The van der Waals surface area contributed by atoms with Crippen molar-refractivity contribution in [1.29, 1.82) is 0 Å². The number of hydrazine groups is 1. The van der Waals surface area contributed by atoms with Gasteiger partial charge in [0.25, 0.3) is 17.7 Å². The fraction of sp³-hybridized carbons (Fsp3) is 0.375. The number of morpholine rings is 1. The number of nitrogens with one attached hydrogen (secondary N) is 3. The molecule has 1 aliphatic rings. The van der Waals surface area contributed by atoms with E-state index in [0.29, 0.717) is 18.1 Å². The van der Waals surface area contributed by atoms with Crippen LogP contribution in [0.25, 0.3) is 0 Å². The molecular weight excluding hydrogens is 390 g/mol. The van der Waals surface area contributed by atoms with Crippen LogP contribution in [0.2, 0.25) is 0 Å². The van der Waals surface area contributed by atoms with Crippen molar-refractivity contribution in [3.8, 4) is 0 Å². The van der Waals surface area contributed by atoms with Gasteiger partial charge >= 0.3 is 0 Å². The maximum atomic E-state index is 12.1. The molecule has 3 rings (SSSR count). The van der Waals surface area contributed by atoms with Crippen LogP contribution >= 0.6 is 22.7 Å². The second-order valence-corrected chi connectivity index (χ2v) is 7.83. The summed E-state index contributed by atoms with van der Waals surface area (Å²) in [7, 11) is 0. The molecule has 11 heteroatoms. The van der Waals surface area contributed by atoms with E-state index in [1.165, 1.54) is 22.7 Å². The topological polar surface area (TPSA) is 113 Å². The van der Waals surface area contributed by atoms with Crippen LogP contribution in [0.15, 0.2) is 17.5 Å². The van der Waals surface area contributed by atoms with Crippen LogP contribution in [0.4, 0.5) is 5.13 Å². The molecule has 27 heavy (non-hydrogen) atoms. The molecule has 3 amide bonds. The minimum Gasteiger partial charge on any atom is -0.378 e. The molecule has 9 nitrogen and oxygen atoms in total. The Morgan fingerprint density at radius 1 is 1.19 bits per heavy atom. The van der Waals surface area contributed by atoms with Gasteiger partial charge in [-0.2, -0.15) is 0 Å². The Morgan fingerprint density at radius 2 is 1.96 bits per heavy atom. The average molecular weight is 409 g/mol. The Balaban J connectivity index is 1.42. The quantitative estimate of drug-likeness (QED) is 0.622. The molecule has 0 radical (unpaired) electrons. The zero-order chi connectivity index (χ0) is 19.2. The summed E-state index contributed by atoms with van der Waals surface area (Å²) >= 11 is 2.71. The lowest BCUT2D eigenvalue weighted by molar-refractivity contribution is -0.120. The highest BCUT2D eigenvalue weighted by Crippen LogP contribution is 2.21. The van der Waals surface area contributed by atoms with Gasteiger partial charge < -0.3 is 15.0 Å². The van der Waals surface area contributed by atoms with E-state index in [9.17, 15) is 14.4 Å². The summed E-state index contributed by atoms with van der Waals surface area (Å²) in [6, 6.07) is 3.53. The average Bonchev–Trinajstić information content (AvgIpc) is 3.34. The summed E-state index contributed by atoms with van der Waals surface area (Å²) in [6.45, 7) is 4.38. The number of aryl methyl sites for hydroxylation is 1. The first kappa shape index (κ1) is 19.3. The van der Waals surface area contributed by atoms with Crippen molar-refractivity contribution >= 4 is 45.5 Å². The van der Waals surface area contributed by atoms with E-state index in [0.717, 1.165) is 23.1 Å². The van der Waals surface area contributed by atoms with Gasteiger partial charge in [-0.15, -0.1) is 22.7 Å². The second kappa shape index (κ2) is 8.93. The van der Waals surface area contributed by atoms with Gasteiger partial charge in [-0.05, 0) is 19.1 Å². The van der Waals surface area contributed by atoms with Gasteiger partial charge in [-0.1, -0.05) is 0 Å². The van der Waals surface area contributed by atoms with Crippen LogP contribution in [0.1, 0.15) is 25.0 Å². The summed E-state index contributed by atoms with van der Waals surface area (Å²) in [5.74, 6) is -1.38. The summed E-state index contributed by atoms with van der Waals surface area (Å²) in [5, 5.41) is 4.87. The van der Waals surface area contributed by atoms with Crippen LogP contribution in [0, 0.1) is 6.92 Å². The minimum absolute atomic E-state index is 0.222. The molecule has 2 aromatic heterocycles. The number of hydrogen-bond acceptors (Lipinski definition) is 8. The molecule has 3 N–H and O–H groups in total. The zero-order valence-electron chi connectivity index (χ0n) is 14.6. The third-order valence-corrected chi connectivity index (χ3v) is 5.60. The Morgan fingerprint density at radius 3 is 2.67 bits per heavy atom. The van der Waals surface area contributed by atoms with E-state index in [1.54, 1.807) is 11.4 Å². The van der Waals surface area contributed by atoms with E-state index < -0.39 is 11.8 Å². The van der Waals surface area contributed by atoms with Gasteiger partial charge in [-0.3, -0.25) is 25.2 Å². The molecule has 0 atom stereocenters. The Labute approximate surface area is 163 Å². The maximum Gasteiger partial charge on any atom is 0.289 e. The number of anilines is 1. The number of rotatable bonds is 5. The second-order valence-electron chi connectivity index (χ2n) is 5.71. The molecular formula is C16H19N5O4S2. The fourth-order valence-corrected chi connectivity index (χ4v) is 3.95. The molecule has 0 aromatic carbocycles. The number of carbonyl (C=O) groups excluding carboxylic acids is 3. The Kier molecular flexibility index (Phi) is 6.37. The summed E-state index contributed by atoms with van der Waals surface area (Å²) < 4.78 is 5.29. The lowest BCUT2D eigenvalue weighted by atomic mass is 10.4. The van der Waals surface area contributed by atoms with Gasteiger partial charge in [0.05, 0.1) is 24.6 Å². The predicted molar refractivity (Wildman–Crippen MR) is 102 cm³/mol. The van der Waals surface area contributed by atoms with E-state index in [1.807, 2.05) is 17.9 Å². The highest BCUT2D eigenvalue weighted by Gasteiger charge is 2.18. The van der Waals surface area contributed by atoms with Crippen LogP contribution in [-0.4, -0.2) is 55.6 Å². The van der Waals surface area contributed by atoms with Crippen molar-refractivity contribution in [2.45, 2.75) is 6.92 Å². The first-order valence-corrected chi connectivity index (χ1v) is 9.94. The van der Waals surface area contributed by atoms with E-state index >= 15 is 0 Å². The monoisotopic (exact) mass is 409 g/mol. The van der Waals surface area contributed by atoms with Gasteiger partial charge in [0.2, 0.25) is 0 Å². The van der Waals surface area contributed by atoms with E-state index in [2.05, 4.69) is 21.2 Å².